The molecule has 5 heteroatoms. The standard InChI is InChI=1S/C15H21N3O2/c1-3-9-18-15(16-11-17-18)10-20-14-8-6-5-7-12(14)13(19)4-2/h5-8,11,13,19H,3-4,9-10H2,1-2H3/t13-/m1/s1. The summed E-state index contributed by atoms with van der Waals surface area (Å²) in [4.78, 5) is 4.21. The molecule has 0 saturated carbocycles. The Morgan fingerprint density at radius 1 is 1.30 bits per heavy atom. The van der Waals surface area contributed by atoms with Crippen molar-refractivity contribution in [3.8, 4) is 5.75 Å². The second-order valence-corrected chi connectivity index (χ2v) is 4.65. The molecular weight excluding hydrogens is 254 g/mol. The van der Waals surface area contributed by atoms with Crippen molar-refractivity contribution in [1.82, 2.24) is 14.8 Å². The van der Waals surface area contributed by atoms with Crippen LogP contribution in [0.4, 0.5) is 0 Å². The van der Waals surface area contributed by atoms with Crippen LogP contribution in [0.2, 0.25) is 0 Å². The maximum Gasteiger partial charge on any atom is 0.164 e. The minimum Gasteiger partial charge on any atom is -0.485 e. The van der Waals surface area contributed by atoms with E-state index in [9.17, 15) is 5.11 Å². The molecule has 0 aliphatic heterocycles. The highest BCUT2D eigenvalue weighted by Crippen LogP contribution is 2.27. The monoisotopic (exact) mass is 275 g/mol. The van der Waals surface area contributed by atoms with Crippen LogP contribution in [-0.4, -0.2) is 19.9 Å². The first kappa shape index (κ1) is 14.5. The van der Waals surface area contributed by atoms with Gasteiger partial charge in [-0.2, -0.15) is 5.10 Å². The molecule has 1 N–H and O–H groups in total. The van der Waals surface area contributed by atoms with Crippen molar-refractivity contribution in [3.05, 3.63) is 42.0 Å². The largest absolute Gasteiger partial charge is 0.485 e. The minimum atomic E-state index is -0.500. The molecule has 0 aliphatic carbocycles. The van der Waals surface area contributed by atoms with Gasteiger partial charge in [-0.15, -0.1) is 0 Å². The Hall–Kier alpha value is -1.88. The predicted octanol–water partition coefficient (Wildman–Crippen LogP) is 2.71. The predicted molar refractivity (Wildman–Crippen MR) is 76.3 cm³/mol. The van der Waals surface area contributed by atoms with Crippen molar-refractivity contribution in [2.24, 2.45) is 0 Å². The molecule has 0 spiro atoms. The summed E-state index contributed by atoms with van der Waals surface area (Å²) < 4.78 is 7.65. The van der Waals surface area contributed by atoms with Gasteiger partial charge in [-0.3, -0.25) is 0 Å². The van der Waals surface area contributed by atoms with E-state index in [-0.39, 0.29) is 0 Å². The smallest absolute Gasteiger partial charge is 0.164 e. The molecule has 5 nitrogen and oxygen atoms in total. The van der Waals surface area contributed by atoms with Gasteiger partial charge in [-0.1, -0.05) is 32.0 Å². The molecule has 0 bridgehead atoms. The minimum absolute atomic E-state index is 0.355. The highest BCUT2D eigenvalue weighted by atomic mass is 16.5. The molecule has 0 amide bonds. The van der Waals surface area contributed by atoms with E-state index in [1.54, 1.807) is 6.33 Å². The van der Waals surface area contributed by atoms with E-state index in [2.05, 4.69) is 17.0 Å². The summed E-state index contributed by atoms with van der Waals surface area (Å²) in [6.45, 7) is 5.23. The van der Waals surface area contributed by atoms with Crippen LogP contribution in [0.1, 0.15) is 44.2 Å². The van der Waals surface area contributed by atoms with Crippen molar-refractivity contribution in [3.63, 3.8) is 0 Å². The average molecular weight is 275 g/mol. The first-order chi connectivity index (χ1) is 9.76. The van der Waals surface area contributed by atoms with Crippen LogP contribution in [0, 0.1) is 0 Å². The molecule has 1 aromatic carbocycles. The summed E-state index contributed by atoms with van der Waals surface area (Å²) in [6, 6.07) is 7.56. The van der Waals surface area contributed by atoms with Gasteiger partial charge in [-0.05, 0) is 18.9 Å². The average Bonchev–Trinajstić information content (AvgIpc) is 2.92. The van der Waals surface area contributed by atoms with Crippen LogP contribution in [-0.2, 0) is 13.2 Å². The maximum atomic E-state index is 9.99. The molecule has 2 aromatic rings. The lowest BCUT2D eigenvalue weighted by Crippen LogP contribution is -2.09. The van der Waals surface area contributed by atoms with E-state index in [4.69, 9.17) is 4.74 Å². The zero-order valence-corrected chi connectivity index (χ0v) is 12.0. The van der Waals surface area contributed by atoms with Gasteiger partial charge in [0.2, 0.25) is 0 Å². The lowest BCUT2D eigenvalue weighted by Gasteiger charge is -2.14. The van der Waals surface area contributed by atoms with Crippen molar-refractivity contribution < 1.29 is 9.84 Å². The summed E-state index contributed by atoms with van der Waals surface area (Å²) in [6.07, 6.45) is 2.70. The van der Waals surface area contributed by atoms with Gasteiger partial charge in [0.25, 0.3) is 0 Å². The van der Waals surface area contributed by atoms with Crippen molar-refractivity contribution in [2.45, 2.75) is 45.9 Å². The number of hydrogen-bond acceptors (Lipinski definition) is 4. The second kappa shape index (κ2) is 7.05. The molecule has 0 aliphatic rings. The van der Waals surface area contributed by atoms with Gasteiger partial charge in [0.05, 0.1) is 6.10 Å². The Kier molecular flexibility index (Phi) is 5.12. The topological polar surface area (TPSA) is 60.2 Å². The molecule has 1 aromatic heterocycles. The number of nitrogens with zero attached hydrogens (tertiary/aromatic N) is 3. The summed E-state index contributed by atoms with van der Waals surface area (Å²) in [5.74, 6) is 1.50. The second-order valence-electron chi connectivity index (χ2n) is 4.65. The third-order valence-corrected chi connectivity index (χ3v) is 3.15. The van der Waals surface area contributed by atoms with Crippen LogP contribution in [0.25, 0.3) is 0 Å². The number of aromatic nitrogens is 3. The fraction of sp³-hybridized carbons (Fsp3) is 0.467. The quantitative estimate of drug-likeness (QED) is 0.844. The Bertz CT molecular complexity index is 539. The van der Waals surface area contributed by atoms with Crippen LogP contribution in [0.5, 0.6) is 5.75 Å². The summed E-state index contributed by atoms with van der Waals surface area (Å²) in [5.41, 5.74) is 0.816. The Morgan fingerprint density at radius 3 is 2.85 bits per heavy atom. The van der Waals surface area contributed by atoms with Crippen LogP contribution in [0.3, 0.4) is 0 Å². The van der Waals surface area contributed by atoms with Gasteiger partial charge < -0.3 is 9.84 Å². The van der Waals surface area contributed by atoms with E-state index in [0.29, 0.717) is 18.8 Å². The summed E-state index contributed by atoms with van der Waals surface area (Å²) >= 11 is 0. The molecule has 0 radical (unpaired) electrons. The molecule has 0 unspecified atom stereocenters. The fourth-order valence-corrected chi connectivity index (χ4v) is 2.05. The van der Waals surface area contributed by atoms with E-state index < -0.39 is 6.10 Å². The zero-order valence-electron chi connectivity index (χ0n) is 12.0. The number of aliphatic hydroxyl groups excluding tert-OH is 1. The normalized spacial score (nSPS) is 12.3. The van der Waals surface area contributed by atoms with Gasteiger partial charge >= 0.3 is 0 Å². The molecule has 20 heavy (non-hydrogen) atoms. The van der Waals surface area contributed by atoms with Gasteiger partial charge in [0.15, 0.2) is 5.82 Å². The lowest BCUT2D eigenvalue weighted by molar-refractivity contribution is 0.165. The molecule has 0 fully saturated rings. The number of ether oxygens (including phenoxy) is 1. The van der Waals surface area contributed by atoms with E-state index in [1.165, 1.54) is 0 Å². The number of hydrogen-bond donors (Lipinski definition) is 1. The van der Waals surface area contributed by atoms with Crippen molar-refractivity contribution in [1.29, 1.82) is 0 Å². The van der Waals surface area contributed by atoms with Crippen molar-refractivity contribution >= 4 is 0 Å². The first-order valence-corrected chi connectivity index (χ1v) is 7.02. The van der Waals surface area contributed by atoms with Gasteiger partial charge in [-0.25, -0.2) is 9.67 Å². The Balaban J connectivity index is 2.09. The van der Waals surface area contributed by atoms with Crippen molar-refractivity contribution in [2.75, 3.05) is 0 Å². The Labute approximate surface area is 119 Å². The first-order valence-electron chi connectivity index (χ1n) is 7.02. The van der Waals surface area contributed by atoms with E-state index in [0.717, 1.165) is 24.4 Å². The van der Waals surface area contributed by atoms with E-state index in [1.807, 2.05) is 35.9 Å². The summed E-state index contributed by atoms with van der Waals surface area (Å²) in [7, 11) is 0. The third-order valence-electron chi connectivity index (χ3n) is 3.15. The van der Waals surface area contributed by atoms with E-state index >= 15 is 0 Å². The molecule has 108 valence electrons. The molecule has 1 heterocycles. The number of aliphatic hydroxyl groups is 1. The molecule has 1 atom stereocenters. The highest BCUT2D eigenvalue weighted by Gasteiger charge is 2.12. The SMILES string of the molecule is CCCn1ncnc1COc1ccccc1[C@H](O)CC. The maximum absolute atomic E-state index is 9.99. The Morgan fingerprint density at radius 2 is 2.10 bits per heavy atom. The van der Waals surface area contributed by atoms with Gasteiger partial charge in [0, 0.05) is 12.1 Å². The molecule has 2 rings (SSSR count). The molecule has 0 saturated heterocycles. The highest BCUT2D eigenvalue weighted by molar-refractivity contribution is 5.35. The van der Waals surface area contributed by atoms with Crippen LogP contribution < -0.4 is 4.74 Å². The third kappa shape index (κ3) is 3.36. The number of benzene rings is 1. The molecular formula is C15H21N3O2. The summed E-state index contributed by atoms with van der Waals surface area (Å²) in [5, 5.41) is 14.2. The zero-order chi connectivity index (χ0) is 14.4. The number of para-hydroxylation sites is 1. The van der Waals surface area contributed by atoms with Crippen LogP contribution >= 0.6 is 0 Å². The number of rotatable bonds is 7. The van der Waals surface area contributed by atoms with Crippen LogP contribution in [0.15, 0.2) is 30.6 Å². The number of aryl methyl sites for hydroxylation is 1. The van der Waals surface area contributed by atoms with Gasteiger partial charge in [0.1, 0.15) is 18.7 Å². The lowest BCUT2D eigenvalue weighted by atomic mass is 10.1. The fourth-order valence-electron chi connectivity index (χ4n) is 2.05.